The summed E-state index contributed by atoms with van der Waals surface area (Å²) >= 11 is 0. The van der Waals surface area contributed by atoms with Crippen LogP contribution in [0.4, 0.5) is 11.5 Å². The van der Waals surface area contributed by atoms with Gasteiger partial charge in [-0.15, -0.1) is 0 Å². The van der Waals surface area contributed by atoms with Gasteiger partial charge in [-0.1, -0.05) is 0 Å². The lowest BCUT2D eigenvalue weighted by Crippen LogP contribution is -2.33. The maximum Gasteiger partial charge on any atom is 0.259 e. The Labute approximate surface area is 160 Å². The molecule has 3 rings (SSSR count). The predicted molar refractivity (Wildman–Crippen MR) is 107 cm³/mol. The van der Waals surface area contributed by atoms with Crippen molar-refractivity contribution in [2.75, 3.05) is 44.5 Å². The number of amides is 1. The van der Waals surface area contributed by atoms with E-state index in [9.17, 15) is 4.79 Å². The molecule has 0 aromatic carbocycles. The number of carbonyl (C=O) groups excluding carboxylic acids is 1. The number of likely N-dealkylation sites (tertiary alicyclic amines) is 1. The fraction of sp³-hybridized carbons (Fsp3) is 0.450. The summed E-state index contributed by atoms with van der Waals surface area (Å²) in [5, 5.41) is 3.55. The van der Waals surface area contributed by atoms with Crippen molar-refractivity contribution in [1.29, 1.82) is 0 Å². The van der Waals surface area contributed by atoms with E-state index in [4.69, 9.17) is 4.74 Å². The van der Waals surface area contributed by atoms with Crippen LogP contribution in [0.15, 0.2) is 36.7 Å². The second kappa shape index (κ2) is 8.70. The summed E-state index contributed by atoms with van der Waals surface area (Å²) in [6.45, 7) is 1.45. The molecule has 0 aliphatic carbocycles. The van der Waals surface area contributed by atoms with E-state index in [-0.39, 0.29) is 5.91 Å². The number of aromatic nitrogens is 2. The van der Waals surface area contributed by atoms with Crippen LogP contribution in [0.1, 0.15) is 29.6 Å². The molecule has 2 aromatic heterocycles. The summed E-state index contributed by atoms with van der Waals surface area (Å²) < 4.78 is 5.23. The fourth-order valence-corrected chi connectivity index (χ4v) is 3.30. The van der Waals surface area contributed by atoms with Crippen molar-refractivity contribution in [2.24, 2.45) is 0 Å². The molecular weight excluding hydrogens is 342 g/mol. The fourth-order valence-electron chi connectivity index (χ4n) is 3.30. The molecule has 2 aromatic rings. The van der Waals surface area contributed by atoms with Crippen molar-refractivity contribution in [1.82, 2.24) is 14.9 Å². The van der Waals surface area contributed by atoms with Crippen LogP contribution < -0.4 is 15.0 Å². The highest BCUT2D eigenvalue weighted by Crippen LogP contribution is 2.21. The minimum Gasteiger partial charge on any atom is -0.480 e. The number of carbonyl (C=O) groups is 1. The summed E-state index contributed by atoms with van der Waals surface area (Å²) in [5.41, 5.74) is 1.54. The van der Waals surface area contributed by atoms with Crippen LogP contribution in [-0.2, 0) is 0 Å². The van der Waals surface area contributed by atoms with Gasteiger partial charge in [-0.2, -0.15) is 0 Å². The Kier molecular flexibility index (Phi) is 6.11. The van der Waals surface area contributed by atoms with Crippen molar-refractivity contribution < 1.29 is 9.53 Å². The average molecular weight is 369 g/mol. The third kappa shape index (κ3) is 4.67. The van der Waals surface area contributed by atoms with Gasteiger partial charge < -0.3 is 19.9 Å². The van der Waals surface area contributed by atoms with Crippen LogP contribution >= 0.6 is 0 Å². The SMILES string of the molecule is COc1ncccc1C(=O)N1CCCC(Nc2ccc(N(C)C)nc2)CC1. The zero-order valence-corrected chi connectivity index (χ0v) is 16.2. The van der Waals surface area contributed by atoms with E-state index < -0.39 is 0 Å². The Morgan fingerprint density at radius 2 is 2.07 bits per heavy atom. The molecule has 0 spiro atoms. The Bertz CT molecular complexity index is 763. The van der Waals surface area contributed by atoms with Crippen LogP contribution in [-0.4, -0.2) is 61.1 Å². The highest BCUT2D eigenvalue weighted by atomic mass is 16.5. The molecule has 7 nitrogen and oxygen atoms in total. The van der Waals surface area contributed by atoms with Gasteiger partial charge in [0.25, 0.3) is 5.91 Å². The van der Waals surface area contributed by atoms with Gasteiger partial charge in [0, 0.05) is 39.4 Å². The van der Waals surface area contributed by atoms with Gasteiger partial charge in [0.15, 0.2) is 0 Å². The lowest BCUT2D eigenvalue weighted by Gasteiger charge is -2.22. The molecule has 1 aliphatic rings. The van der Waals surface area contributed by atoms with Crippen molar-refractivity contribution in [3.05, 3.63) is 42.2 Å². The van der Waals surface area contributed by atoms with Gasteiger partial charge >= 0.3 is 0 Å². The number of hydrogen-bond acceptors (Lipinski definition) is 6. The molecule has 1 aliphatic heterocycles. The molecule has 0 saturated carbocycles. The van der Waals surface area contributed by atoms with E-state index in [1.807, 2.05) is 36.2 Å². The third-order valence-corrected chi connectivity index (χ3v) is 4.79. The first kappa shape index (κ1) is 18.9. The highest BCUT2D eigenvalue weighted by Gasteiger charge is 2.24. The molecule has 1 unspecified atom stereocenters. The minimum absolute atomic E-state index is 0.0161. The Balaban J connectivity index is 1.61. The zero-order chi connectivity index (χ0) is 19.2. The summed E-state index contributed by atoms with van der Waals surface area (Å²) in [6.07, 6.45) is 6.36. The van der Waals surface area contributed by atoms with Gasteiger partial charge in [0.1, 0.15) is 11.4 Å². The van der Waals surface area contributed by atoms with Crippen LogP contribution in [0.25, 0.3) is 0 Å². The van der Waals surface area contributed by atoms with E-state index in [0.717, 1.165) is 37.3 Å². The Hall–Kier alpha value is -2.83. The zero-order valence-electron chi connectivity index (χ0n) is 16.2. The first-order valence-electron chi connectivity index (χ1n) is 9.26. The minimum atomic E-state index is -0.0161. The number of hydrogen-bond donors (Lipinski definition) is 1. The molecule has 1 amide bonds. The summed E-state index contributed by atoms with van der Waals surface area (Å²) in [5.74, 6) is 1.30. The van der Waals surface area contributed by atoms with Crippen molar-refractivity contribution >= 4 is 17.4 Å². The van der Waals surface area contributed by atoms with Gasteiger partial charge in [0.2, 0.25) is 5.88 Å². The van der Waals surface area contributed by atoms with Crippen molar-refractivity contribution in [2.45, 2.75) is 25.3 Å². The topological polar surface area (TPSA) is 70.6 Å². The van der Waals surface area contributed by atoms with E-state index in [0.29, 0.717) is 24.0 Å². The van der Waals surface area contributed by atoms with Crippen LogP contribution in [0.3, 0.4) is 0 Å². The van der Waals surface area contributed by atoms with Crippen molar-refractivity contribution in [3.63, 3.8) is 0 Å². The van der Waals surface area contributed by atoms with E-state index in [1.165, 1.54) is 7.11 Å². The number of methoxy groups -OCH3 is 1. The maximum absolute atomic E-state index is 12.9. The molecular formula is C20H27N5O2. The van der Waals surface area contributed by atoms with Crippen LogP contribution in [0.2, 0.25) is 0 Å². The standard InChI is InChI=1S/C20H27N5O2/c1-24(2)18-9-8-16(14-22-18)23-15-6-5-12-25(13-10-15)20(26)17-7-4-11-21-19(17)27-3/h4,7-9,11,14-15,23H,5-6,10,12-13H2,1-3H3. The first-order chi connectivity index (χ1) is 13.1. The lowest BCUT2D eigenvalue weighted by atomic mass is 10.1. The molecule has 1 N–H and O–H groups in total. The van der Waals surface area contributed by atoms with Gasteiger partial charge in [-0.3, -0.25) is 4.79 Å². The maximum atomic E-state index is 12.9. The van der Waals surface area contributed by atoms with E-state index in [2.05, 4.69) is 21.4 Å². The number of rotatable bonds is 5. The number of nitrogens with zero attached hydrogens (tertiary/aromatic N) is 4. The molecule has 27 heavy (non-hydrogen) atoms. The normalized spacial score (nSPS) is 17.1. The van der Waals surface area contributed by atoms with Gasteiger partial charge in [-0.05, 0) is 43.5 Å². The molecule has 3 heterocycles. The van der Waals surface area contributed by atoms with Gasteiger partial charge in [-0.25, -0.2) is 9.97 Å². The first-order valence-corrected chi connectivity index (χ1v) is 9.26. The second-order valence-corrected chi connectivity index (χ2v) is 6.92. The van der Waals surface area contributed by atoms with Gasteiger partial charge in [0.05, 0.1) is 19.0 Å². The molecule has 1 fully saturated rings. The van der Waals surface area contributed by atoms with Crippen LogP contribution in [0.5, 0.6) is 5.88 Å². The largest absolute Gasteiger partial charge is 0.480 e. The quantitative estimate of drug-likeness (QED) is 0.874. The summed E-state index contributed by atoms with van der Waals surface area (Å²) in [4.78, 5) is 25.3. The predicted octanol–water partition coefficient (Wildman–Crippen LogP) is 2.66. The monoisotopic (exact) mass is 369 g/mol. The van der Waals surface area contributed by atoms with Crippen LogP contribution in [0, 0.1) is 0 Å². The summed E-state index contributed by atoms with van der Waals surface area (Å²) in [6, 6.07) is 7.92. The lowest BCUT2D eigenvalue weighted by molar-refractivity contribution is 0.0757. The highest BCUT2D eigenvalue weighted by molar-refractivity contribution is 5.96. The third-order valence-electron chi connectivity index (χ3n) is 4.79. The number of pyridine rings is 2. The second-order valence-electron chi connectivity index (χ2n) is 6.92. The molecule has 1 atom stereocenters. The number of nitrogens with one attached hydrogen (secondary N) is 1. The van der Waals surface area contributed by atoms with Crippen molar-refractivity contribution in [3.8, 4) is 5.88 Å². The average Bonchev–Trinajstić information content (AvgIpc) is 2.93. The number of ether oxygens (including phenoxy) is 1. The molecule has 144 valence electrons. The molecule has 0 bridgehead atoms. The molecule has 7 heteroatoms. The number of anilines is 2. The summed E-state index contributed by atoms with van der Waals surface area (Å²) in [7, 11) is 5.49. The molecule has 1 saturated heterocycles. The smallest absolute Gasteiger partial charge is 0.259 e. The Morgan fingerprint density at radius 3 is 2.78 bits per heavy atom. The Morgan fingerprint density at radius 1 is 1.22 bits per heavy atom. The van der Waals surface area contributed by atoms with E-state index in [1.54, 1.807) is 18.3 Å². The molecule has 0 radical (unpaired) electrons. The van der Waals surface area contributed by atoms with E-state index >= 15 is 0 Å².